The Kier molecular flexibility index (Phi) is 3.53. The summed E-state index contributed by atoms with van der Waals surface area (Å²) in [5.74, 6) is 6.29. The van der Waals surface area contributed by atoms with Crippen LogP contribution < -0.4 is 0 Å². The van der Waals surface area contributed by atoms with Gasteiger partial charge in [-0.05, 0) is 36.4 Å². The Balaban J connectivity index is 1.91. The fourth-order valence-corrected chi connectivity index (χ4v) is 1.83. The van der Waals surface area contributed by atoms with E-state index in [0.717, 1.165) is 22.5 Å². The molecule has 3 rings (SSSR count). The zero-order chi connectivity index (χ0) is 13.6. The highest BCUT2D eigenvalue weighted by Gasteiger charge is 1.99. The minimum Gasteiger partial charge on any atom is -0.255 e. The van der Waals surface area contributed by atoms with Crippen molar-refractivity contribution < 1.29 is 0 Å². The third kappa shape index (κ3) is 2.90. The molecule has 2 nitrogen and oxygen atoms in total. The van der Waals surface area contributed by atoms with Gasteiger partial charge in [0.15, 0.2) is 0 Å². The quantitative estimate of drug-likeness (QED) is 0.622. The number of benzene rings is 1. The summed E-state index contributed by atoms with van der Waals surface area (Å²) in [5, 5.41) is 0. The summed E-state index contributed by atoms with van der Waals surface area (Å²) < 4.78 is 0. The SMILES string of the molecule is C(#Cc1ccnc(-c2ccccn2)c1)c1ccccc1. The molecule has 0 aliphatic rings. The van der Waals surface area contributed by atoms with Crippen LogP contribution in [0.2, 0.25) is 0 Å². The lowest BCUT2D eigenvalue weighted by molar-refractivity contribution is 1.24. The molecule has 20 heavy (non-hydrogen) atoms. The fourth-order valence-electron chi connectivity index (χ4n) is 1.83. The highest BCUT2D eigenvalue weighted by Crippen LogP contribution is 2.14. The molecule has 0 N–H and O–H groups in total. The molecular weight excluding hydrogens is 244 g/mol. The van der Waals surface area contributed by atoms with Gasteiger partial charge in [-0.1, -0.05) is 36.1 Å². The summed E-state index contributed by atoms with van der Waals surface area (Å²) in [6.45, 7) is 0. The van der Waals surface area contributed by atoms with Gasteiger partial charge in [0.1, 0.15) is 0 Å². The minimum atomic E-state index is 0.838. The first-order valence-electron chi connectivity index (χ1n) is 6.36. The van der Waals surface area contributed by atoms with Crippen LogP contribution in [-0.2, 0) is 0 Å². The van der Waals surface area contributed by atoms with Crippen molar-refractivity contribution in [3.8, 4) is 23.2 Å². The zero-order valence-corrected chi connectivity index (χ0v) is 10.8. The molecule has 94 valence electrons. The number of hydrogen-bond acceptors (Lipinski definition) is 2. The normalized spacial score (nSPS) is 9.60. The molecule has 0 aliphatic heterocycles. The number of rotatable bonds is 1. The summed E-state index contributed by atoms with van der Waals surface area (Å²) >= 11 is 0. The van der Waals surface area contributed by atoms with Crippen molar-refractivity contribution in [3.05, 3.63) is 84.2 Å². The average Bonchev–Trinajstić information content (AvgIpc) is 2.55. The van der Waals surface area contributed by atoms with Crippen LogP contribution in [0.3, 0.4) is 0 Å². The summed E-state index contributed by atoms with van der Waals surface area (Å²) in [6.07, 6.45) is 3.53. The molecule has 1 aromatic carbocycles. The van der Waals surface area contributed by atoms with Gasteiger partial charge in [-0.15, -0.1) is 0 Å². The Hall–Kier alpha value is -2.92. The van der Waals surface area contributed by atoms with Gasteiger partial charge in [0.25, 0.3) is 0 Å². The Bertz CT molecular complexity index is 753. The Morgan fingerprint density at radius 1 is 0.600 bits per heavy atom. The van der Waals surface area contributed by atoms with E-state index in [1.807, 2.05) is 60.7 Å². The molecule has 0 spiro atoms. The van der Waals surface area contributed by atoms with Crippen LogP contribution in [-0.4, -0.2) is 9.97 Å². The first kappa shape index (κ1) is 12.1. The van der Waals surface area contributed by atoms with Crippen LogP contribution in [0.4, 0.5) is 0 Å². The molecule has 2 aromatic heterocycles. The molecule has 0 radical (unpaired) electrons. The topological polar surface area (TPSA) is 25.8 Å². The van der Waals surface area contributed by atoms with Crippen molar-refractivity contribution >= 4 is 0 Å². The standard InChI is InChI=1S/C18H12N2/c1-2-6-15(7-3-1)9-10-16-11-13-20-18(14-16)17-8-4-5-12-19-17/h1-8,11-14H. The zero-order valence-electron chi connectivity index (χ0n) is 10.8. The van der Waals surface area contributed by atoms with Crippen LogP contribution in [0.25, 0.3) is 11.4 Å². The molecule has 0 fully saturated rings. The van der Waals surface area contributed by atoms with Gasteiger partial charge < -0.3 is 0 Å². The molecule has 3 aromatic rings. The minimum absolute atomic E-state index is 0.838. The van der Waals surface area contributed by atoms with E-state index in [2.05, 4.69) is 21.8 Å². The highest BCUT2D eigenvalue weighted by molar-refractivity contribution is 5.57. The molecule has 0 aliphatic carbocycles. The van der Waals surface area contributed by atoms with Crippen LogP contribution >= 0.6 is 0 Å². The number of aromatic nitrogens is 2. The van der Waals surface area contributed by atoms with E-state index in [1.165, 1.54) is 0 Å². The number of nitrogens with zero attached hydrogens (tertiary/aromatic N) is 2. The van der Waals surface area contributed by atoms with E-state index >= 15 is 0 Å². The van der Waals surface area contributed by atoms with Gasteiger partial charge in [-0.25, -0.2) is 0 Å². The summed E-state index contributed by atoms with van der Waals surface area (Å²) in [4.78, 5) is 8.63. The largest absolute Gasteiger partial charge is 0.255 e. The first-order valence-corrected chi connectivity index (χ1v) is 6.36. The summed E-state index contributed by atoms with van der Waals surface area (Å²) in [7, 11) is 0. The van der Waals surface area contributed by atoms with Gasteiger partial charge in [-0.3, -0.25) is 9.97 Å². The molecule has 0 unspecified atom stereocenters. The fraction of sp³-hybridized carbons (Fsp3) is 0. The van der Waals surface area contributed by atoms with Crippen LogP contribution in [0.15, 0.2) is 73.1 Å². The third-order valence-electron chi connectivity index (χ3n) is 2.81. The monoisotopic (exact) mass is 256 g/mol. The van der Waals surface area contributed by atoms with Crippen molar-refractivity contribution in [2.75, 3.05) is 0 Å². The van der Waals surface area contributed by atoms with Crippen molar-refractivity contribution in [1.82, 2.24) is 9.97 Å². The maximum absolute atomic E-state index is 4.33. The van der Waals surface area contributed by atoms with Crippen molar-refractivity contribution in [1.29, 1.82) is 0 Å². The molecular formula is C18H12N2. The van der Waals surface area contributed by atoms with E-state index in [-0.39, 0.29) is 0 Å². The van der Waals surface area contributed by atoms with E-state index in [1.54, 1.807) is 12.4 Å². The van der Waals surface area contributed by atoms with Crippen molar-refractivity contribution in [2.45, 2.75) is 0 Å². The number of pyridine rings is 2. The Labute approximate surface area is 118 Å². The second-order valence-corrected chi connectivity index (χ2v) is 4.26. The Morgan fingerprint density at radius 3 is 2.15 bits per heavy atom. The van der Waals surface area contributed by atoms with E-state index in [9.17, 15) is 0 Å². The van der Waals surface area contributed by atoms with Crippen LogP contribution in [0.5, 0.6) is 0 Å². The third-order valence-corrected chi connectivity index (χ3v) is 2.81. The van der Waals surface area contributed by atoms with Gasteiger partial charge >= 0.3 is 0 Å². The maximum Gasteiger partial charge on any atom is 0.0898 e. The molecule has 2 heteroatoms. The predicted molar refractivity (Wildman–Crippen MR) is 79.9 cm³/mol. The predicted octanol–water partition coefficient (Wildman–Crippen LogP) is 3.54. The lowest BCUT2D eigenvalue weighted by Gasteiger charge is -1.99. The van der Waals surface area contributed by atoms with E-state index in [0.29, 0.717) is 0 Å². The molecule has 0 atom stereocenters. The van der Waals surface area contributed by atoms with Crippen LogP contribution in [0.1, 0.15) is 11.1 Å². The van der Waals surface area contributed by atoms with Crippen molar-refractivity contribution in [2.24, 2.45) is 0 Å². The van der Waals surface area contributed by atoms with Crippen LogP contribution in [0, 0.1) is 11.8 Å². The number of hydrogen-bond donors (Lipinski definition) is 0. The first-order chi connectivity index (χ1) is 9.92. The van der Waals surface area contributed by atoms with Gasteiger partial charge in [0.2, 0.25) is 0 Å². The van der Waals surface area contributed by atoms with E-state index in [4.69, 9.17) is 0 Å². The van der Waals surface area contributed by atoms with Crippen molar-refractivity contribution in [3.63, 3.8) is 0 Å². The second-order valence-electron chi connectivity index (χ2n) is 4.26. The molecule has 0 saturated heterocycles. The average molecular weight is 256 g/mol. The summed E-state index contributed by atoms with van der Waals surface area (Å²) in [5.41, 5.74) is 3.63. The summed E-state index contributed by atoms with van der Waals surface area (Å²) in [6, 6.07) is 19.6. The van der Waals surface area contributed by atoms with Gasteiger partial charge in [0.05, 0.1) is 11.4 Å². The molecule has 0 bridgehead atoms. The highest BCUT2D eigenvalue weighted by atomic mass is 14.8. The molecule has 0 saturated carbocycles. The van der Waals surface area contributed by atoms with Gasteiger partial charge in [0, 0.05) is 23.5 Å². The lowest BCUT2D eigenvalue weighted by atomic mass is 10.1. The van der Waals surface area contributed by atoms with E-state index < -0.39 is 0 Å². The lowest BCUT2D eigenvalue weighted by Crippen LogP contribution is -1.87. The Morgan fingerprint density at radius 2 is 1.35 bits per heavy atom. The van der Waals surface area contributed by atoms with Gasteiger partial charge in [-0.2, -0.15) is 0 Å². The molecule has 2 heterocycles. The second kappa shape index (κ2) is 5.81. The smallest absolute Gasteiger partial charge is 0.0898 e. The molecule has 0 amide bonds. The maximum atomic E-state index is 4.33.